The minimum Gasteiger partial charge on any atom is -0.369 e. The van der Waals surface area contributed by atoms with Crippen LogP contribution in [0.25, 0.3) is 11.0 Å². The van der Waals surface area contributed by atoms with Crippen LogP contribution in [-0.4, -0.2) is 9.55 Å². The monoisotopic (exact) mass is 257 g/mol. The number of nitrogen functional groups attached to an aromatic ring is 1. The Labute approximate surface area is 114 Å². The van der Waals surface area contributed by atoms with E-state index in [0.717, 1.165) is 12.1 Å². The number of rotatable bonds is 2. The Hall–Kier alpha value is -1.51. The van der Waals surface area contributed by atoms with Gasteiger partial charge < -0.3 is 10.3 Å². The third-order valence-electron chi connectivity index (χ3n) is 5.68. The van der Waals surface area contributed by atoms with Crippen LogP contribution in [0.1, 0.15) is 33.3 Å². The Balaban J connectivity index is 2.05. The van der Waals surface area contributed by atoms with E-state index in [4.69, 9.17) is 5.73 Å². The SMILES string of the molecule is Cc1cccc2nc(N)n(CC3C(C)(C)C3(C)C)c12. The zero-order valence-electron chi connectivity index (χ0n) is 12.5. The van der Waals surface area contributed by atoms with Crippen LogP contribution < -0.4 is 5.73 Å². The molecule has 0 atom stereocenters. The van der Waals surface area contributed by atoms with Crippen LogP contribution >= 0.6 is 0 Å². The number of nitrogens with two attached hydrogens (primary N) is 1. The van der Waals surface area contributed by atoms with Gasteiger partial charge in [0.25, 0.3) is 0 Å². The van der Waals surface area contributed by atoms with Gasteiger partial charge in [0, 0.05) is 6.54 Å². The van der Waals surface area contributed by atoms with Crippen LogP contribution in [0.3, 0.4) is 0 Å². The Morgan fingerprint density at radius 3 is 2.42 bits per heavy atom. The number of imidazole rings is 1. The van der Waals surface area contributed by atoms with Crippen molar-refractivity contribution in [2.45, 2.75) is 41.2 Å². The van der Waals surface area contributed by atoms with Gasteiger partial charge in [-0.15, -0.1) is 0 Å². The van der Waals surface area contributed by atoms with Crippen LogP contribution in [0.2, 0.25) is 0 Å². The Morgan fingerprint density at radius 1 is 1.21 bits per heavy atom. The predicted octanol–water partition coefficient (Wildman–Crippen LogP) is 3.61. The highest BCUT2D eigenvalue weighted by atomic mass is 15.2. The number of benzene rings is 1. The van der Waals surface area contributed by atoms with Crippen LogP contribution in [0.4, 0.5) is 5.95 Å². The van der Waals surface area contributed by atoms with Crippen molar-refractivity contribution in [3.05, 3.63) is 23.8 Å². The molecule has 102 valence electrons. The molecule has 1 aromatic carbocycles. The van der Waals surface area contributed by atoms with E-state index < -0.39 is 0 Å². The summed E-state index contributed by atoms with van der Waals surface area (Å²) in [5, 5.41) is 0. The number of nitrogens with zero attached hydrogens (tertiary/aromatic N) is 2. The van der Waals surface area contributed by atoms with Crippen LogP contribution in [0, 0.1) is 23.7 Å². The second kappa shape index (κ2) is 3.53. The van der Waals surface area contributed by atoms with E-state index in [2.05, 4.69) is 50.2 Å². The number of hydrogen-bond donors (Lipinski definition) is 1. The summed E-state index contributed by atoms with van der Waals surface area (Å²) in [4.78, 5) is 4.49. The molecule has 1 aliphatic rings. The van der Waals surface area contributed by atoms with Gasteiger partial charge in [0.2, 0.25) is 5.95 Å². The maximum atomic E-state index is 6.13. The van der Waals surface area contributed by atoms with E-state index >= 15 is 0 Å². The standard InChI is InChI=1S/C16H23N3/c1-10-7-6-8-11-13(10)19(14(17)18-11)9-12-15(2,3)16(12,4)5/h6-8,12H,9H2,1-5H3,(H2,17,18). The molecule has 1 aliphatic carbocycles. The normalized spacial score (nSPS) is 20.9. The maximum absolute atomic E-state index is 6.13. The van der Waals surface area contributed by atoms with Crippen LogP contribution in [0.15, 0.2) is 18.2 Å². The zero-order valence-corrected chi connectivity index (χ0v) is 12.5. The molecular weight excluding hydrogens is 234 g/mol. The van der Waals surface area contributed by atoms with E-state index in [0.29, 0.717) is 22.7 Å². The van der Waals surface area contributed by atoms with Crippen molar-refractivity contribution in [2.75, 3.05) is 5.73 Å². The first-order chi connectivity index (χ1) is 8.76. The maximum Gasteiger partial charge on any atom is 0.201 e. The van der Waals surface area contributed by atoms with Crippen molar-refractivity contribution < 1.29 is 0 Å². The van der Waals surface area contributed by atoms with Crippen molar-refractivity contribution >= 4 is 17.0 Å². The lowest BCUT2D eigenvalue weighted by Crippen LogP contribution is -2.08. The fourth-order valence-corrected chi connectivity index (χ4v) is 3.54. The fourth-order valence-electron chi connectivity index (χ4n) is 3.54. The summed E-state index contributed by atoms with van der Waals surface area (Å²) in [7, 11) is 0. The van der Waals surface area contributed by atoms with Crippen LogP contribution in [-0.2, 0) is 6.54 Å². The summed E-state index contributed by atoms with van der Waals surface area (Å²) in [5.41, 5.74) is 10.3. The molecule has 0 bridgehead atoms. The highest BCUT2D eigenvalue weighted by Gasteiger charge is 2.64. The Bertz CT molecular complexity index is 635. The smallest absolute Gasteiger partial charge is 0.201 e. The lowest BCUT2D eigenvalue weighted by molar-refractivity contribution is 0.457. The fraction of sp³-hybridized carbons (Fsp3) is 0.562. The minimum absolute atomic E-state index is 0.374. The lowest BCUT2D eigenvalue weighted by Gasteiger charge is -2.09. The van der Waals surface area contributed by atoms with Crippen molar-refractivity contribution in [3.8, 4) is 0 Å². The van der Waals surface area contributed by atoms with E-state index in [-0.39, 0.29) is 0 Å². The van der Waals surface area contributed by atoms with Crippen molar-refractivity contribution in [1.29, 1.82) is 0 Å². The molecule has 2 aromatic rings. The molecule has 1 saturated carbocycles. The zero-order chi connectivity index (χ0) is 14.0. The molecular formula is C16H23N3. The molecule has 1 fully saturated rings. The molecule has 1 heterocycles. The summed E-state index contributed by atoms with van der Waals surface area (Å²) in [6, 6.07) is 6.21. The van der Waals surface area contributed by atoms with E-state index in [1.807, 2.05) is 12.1 Å². The third kappa shape index (κ3) is 1.54. The van der Waals surface area contributed by atoms with Crippen molar-refractivity contribution in [1.82, 2.24) is 9.55 Å². The molecule has 3 nitrogen and oxygen atoms in total. The molecule has 0 spiro atoms. The quantitative estimate of drug-likeness (QED) is 0.893. The van der Waals surface area contributed by atoms with Gasteiger partial charge in [0.15, 0.2) is 0 Å². The molecule has 0 saturated heterocycles. The molecule has 3 heteroatoms. The van der Waals surface area contributed by atoms with E-state index in [1.54, 1.807) is 0 Å². The van der Waals surface area contributed by atoms with Gasteiger partial charge in [0.1, 0.15) is 0 Å². The molecule has 0 radical (unpaired) electrons. The Kier molecular flexibility index (Phi) is 2.32. The van der Waals surface area contributed by atoms with Gasteiger partial charge in [-0.25, -0.2) is 4.98 Å². The number of fused-ring (bicyclic) bond motifs is 1. The molecule has 0 unspecified atom stereocenters. The summed E-state index contributed by atoms with van der Waals surface area (Å²) in [5.74, 6) is 1.29. The van der Waals surface area contributed by atoms with Gasteiger partial charge in [-0.05, 0) is 35.3 Å². The Morgan fingerprint density at radius 2 is 1.84 bits per heavy atom. The molecule has 3 rings (SSSR count). The van der Waals surface area contributed by atoms with Gasteiger partial charge in [0.05, 0.1) is 11.0 Å². The van der Waals surface area contributed by atoms with Gasteiger partial charge in [-0.1, -0.05) is 39.8 Å². The summed E-state index contributed by atoms with van der Waals surface area (Å²) in [6.07, 6.45) is 0. The summed E-state index contributed by atoms with van der Waals surface area (Å²) < 4.78 is 2.20. The largest absolute Gasteiger partial charge is 0.369 e. The molecule has 0 amide bonds. The summed E-state index contributed by atoms with van der Waals surface area (Å²) >= 11 is 0. The highest BCUT2D eigenvalue weighted by molar-refractivity contribution is 5.81. The van der Waals surface area contributed by atoms with Gasteiger partial charge >= 0.3 is 0 Å². The second-order valence-electron chi connectivity index (χ2n) is 7.02. The minimum atomic E-state index is 0.374. The number of anilines is 1. The average molecular weight is 257 g/mol. The molecule has 0 aliphatic heterocycles. The molecule has 19 heavy (non-hydrogen) atoms. The number of hydrogen-bond acceptors (Lipinski definition) is 2. The van der Waals surface area contributed by atoms with E-state index in [1.165, 1.54) is 11.1 Å². The lowest BCUT2D eigenvalue weighted by atomic mass is 10.0. The highest BCUT2D eigenvalue weighted by Crippen LogP contribution is 2.69. The molecule has 2 N–H and O–H groups in total. The second-order valence-corrected chi connectivity index (χ2v) is 7.02. The van der Waals surface area contributed by atoms with Gasteiger partial charge in [-0.2, -0.15) is 0 Å². The number of aromatic nitrogens is 2. The first-order valence-corrected chi connectivity index (χ1v) is 6.98. The predicted molar refractivity (Wildman–Crippen MR) is 79.9 cm³/mol. The van der Waals surface area contributed by atoms with Crippen molar-refractivity contribution in [3.63, 3.8) is 0 Å². The van der Waals surface area contributed by atoms with Crippen molar-refractivity contribution in [2.24, 2.45) is 16.7 Å². The van der Waals surface area contributed by atoms with Gasteiger partial charge in [-0.3, -0.25) is 0 Å². The third-order valence-corrected chi connectivity index (χ3v) is 5.68. The van der Waals surface area contributed by atoms with E-state index in [9.17, 15) is 0 Å². The average Bonchev–Trinajstić information content (AvgIpc) is 2.58. The number of aryl methyl sites for hydroxylation is 1. The first-order valence-electron chi connectivity index (χ1n) is 6.98. The first kappa shape index (κ1) is 12.5. The summed E-state index contributed by atoms with van der Waals surface area (Å²) in [6.45, 7) is 12.5. The van der Waals surface area contributed by atoms with Crippen LogP contribution in [0.5, 0.6) is 0 Å². The number of para-hydroxylation sites is 1. The topological polar surface area (TPSA) is 43.8 Å². The molecule has 1 aromatic heterocycles.